The minimum absolute atomic E-state index is 0.0450. The molecule has 1 aromatic heterocycles. The second kappa shape index (κ2) is 8.27. The van der Waals surface area contributed by atoms with Gasteiger partial charge in [-0.05, 0) is 29.2 Å². The first-order chi connectivity index (χ1) is 12.5. The number of H-pyrrole nitrogens is 2. The predicted molar refractivity (Wildman–Crippen MR) is 107 cm³/mol. The number of aromatic amines is 2. The van der Waals surface area contributed by atoms with Gasteiger partial charge in [-0.3, -0.25) is 4.79 Å². The Bertz CT molecular complexity index is 931. The van der Waals surface area contributed by atoms with Crippen LogP contribution in [0.2, 0.25) is 0 Å². The highest BCUT2D eigenvalue weighted by Gasteiger charge is 2.22. The zero-order valence-corrected chi connectivity index (χ0v) is 15.7. The zero-order valence-electron chi connectivity index (χ0n) is 14.9. The van der Waals surface area contributed by atoms with Gasteiger partial charge in [0.25, 0.3) is 0 Å². The van der Waals surface area contributed by atoms with Crippen LogP contribution in [0.4, 0.5) is 0 Å². The van der Waals surface area contributed by atoms with E-state index in [0.717, 1.165) is 22.3 Å². The number of hydrogen-bond donors (Lipinski definition) is 3. The molecule has 1 atom stereocenters. The van der Waals surface area contributed by atoms with Gasteiger partial charge in [0.2, 0.25) is 5.91 Å². The van der Waals surface area contributed by atoms with Crippen LogP contribution < -0.4 is 11.0 Å². The van der Waals surface area contributed by atoms with Gasteiger partial charge < -0.3 is 15.3 Å². The molecule has 0 aliphatic carbocycles. The van der Waals surface area contributed by atoms with Crippen LogP contribution in [0.3, 0.4) is 0 Å². The van der Waals surface area contributed by atoms with E-state index in [4.69, 9.17) is 0 Å². The zero-order chi connectivity index (χ0) is 18.5. The Balaban J connectivity index is 1.60. The van der Waals surface area contributed by atoms with Crippen molar-refractivity contribution in [3.05, 3.63) is 70.1 Å². The molecule has 0 fully saturated rings. The van der Waals surface area contributed by atoms with Crippen LogP contribution >= 0.6 is 11.8 Å². The monoisotopic (exact) mass is 369 g/mol. The summed E-state index contributed by atoms with van der Waals surface area (Å²) in [6.45, 7) is 4.58. The van der Waals surface area contributed by atoms with Crippen molar-refractivity contribution in [3.8, 4) is 0 Å². The molecule has 6 heteroatoms. The van der Waals surface area contributed by atoms with Crippen LogP contribution in [0.5, 0.6) is 0 Å². The first-order valence-corrected chi connectivity index (χ1v) is 9.72. The van der Waals surface area contributed by atoms with E-state index >= 15 is 0 Å². The molecule has 0 saturated heterocycles. The van der Waals surface area contributed by atoms with Crippen molar-refractivity contribution in [1.82, 2.24) is 15.3 Å². The smallest absolute Gasteiger partial charge is 0.323 e. The van der Waals surface area contributed by atoms with E-state index < -0.39 is 0 Å². The van der Waals surface area contributed by atoms with Crippen molar-refractivity contribution < 1.29 is 4.79 Å². The molecular formula is C20H23N3O2S. The van der Waals surface area contributed by atoms with E-state index in [0.29, 0.717) is 6.54 Å². The van der Waals surface area contributed by atoms with Crippen molar-refractivity contribution >= 4 is 28.7 Å². The van der Waals surface area contributed by atoms with Crippen molar-refractivity contribution in [2.75, 3.05) is 0 Å². The molecule has 0 aliphatic rings. The van der Waals surface area contributed by atoms with Crippen LogP contribution in [0.15, 0.2) is 53.3 Å². The van der Waals surface area contributed by atoms with Crippen molar-refractivity contribution in [2.24, 2.45) is 5.92 Å². The number of imidazole rings is 1. The van der Waals surface area contributed by atoms with Gasteiger partial charge in [0.15, 0.2) is 0 Å². The number of aromatic nitrogens is 2. The lowest BCUT2D eigenvalue weighted by molar-refractivity contribution is -0.121. The van der Waals surface area contributed by atoms with Gasteiger partial charge in [-0.1, -0.05) is 50.2 Å². The van der Waals surface area contributed by atoms with Gasteiger partial charge in [-0.25, -0.2) is 4.79 Å². The van der Waals surface area contributed by atoms with Gasteiger partial charge in [-0.15, -0.1) is 11.8 Å². The number of rotatable bonds is 7. The molecule has 5 nitrogen and oxygen atoms in total. The lowest BCUT2D eigenvalue weighted by Crippen LogP contribution is -2.35. The number of carbonyl (C=O) groups excluding carboxylic acids is 1. The minimum atomic E-state index is -0.224. The molecule has 0 aliphatic heterocycles. The van der Waals surface area contributed by atoms with E-state index in [9.17, 15) is 9.59 Å². The summed E-state index contributed by atoms with van der Waals surface area (Å²) in [5.41, 5.74) is 3.47. The van der Waals surface area contributed by atoms with Gasteiger partial charge in [0.05, 0.1) is 16.3 Å². The average Bonchev–Trinajstić information content (AvgIpc) is 3.00. The largest absolute Gasteiger partial charge is 0.351 e. The van der Waals surface area contributed by atoms with E-state index in [1.165, 1.54) is 5.56 Å². The molecule has 3 N–H and O–H groups in total. The fourth-order valence-corrected chi connectivity index (χ4v) is 3.99. The number of nitrogens with one attached hydrogen (secondary N) is 3. The van der Waals surface area contributed by atoms with Gasteiger partial charge in [0.1, 0.15) is 0 Å². The molecule has 3 aromatic rings. The quantitative estimate of drug-likeness (QED) is 0.597. The summed E-state index contributed by atoms with van der Waals surface area (Å²) in [7, 11) is 0. The third-order valence-corrected chi connectivity index (χ3v) is 5.80. The van der Waals surface area contributed by atoms with Crippen LogP contribution in [0, 0.1) is 5.92 Å². The topological polar surface area (TPSA) is 77.8 Å². The second-order valence-corrected chi connectivity index (χ2v) is 7.77. The molecule has 0 bridgehead atoms. The van der Waals surface area contributed by atoms with Crippen LogP contribution in [0.1, 0.15) is 25.0 Å². The Morgan fingerprint density at radius 1 is 1.04 bits per heavy atom. The molecule has 1 heterocycles. The SMILES string of the molecule is CC(C)C(SCc1ccccc1)C(=O)NCc1ccc2[nH]c(=O)[nH]c2c1. The Kier molecular flexibility index (Phi) is 5.83. The highest BCUT2D eigenvalue weighted by molar-refractivity contribution is 7.99. The lowest BCUT2D eigenvalue weighted by atomic mass is 10.1. The molecule has 2 aromatic carbocycles. The Morgan fingerprint density at radius 3 is 2.50 bits per heavy atom. The van der Waals surface area contributed by atoms with Crippen LogP contribution in [-0.2, 0) is 17.1 Å². The van der Waals surface area contributed by atoms with E-state index in [1.807, 2.05) is 36.4 Å². The maximum Gasteiger partial charge on any atom is 0.323 e. The number of hydrogen-bond acceptors (Lipinski definition) is 3. The van der Waals surface area contributed by atoms with Crippen LogP contribution in [0.25, 0.3) is 11.0 Å². The van der Waals surface area contributed by atoms with Gasteiger partial charge >= 0.3 is 5.69 Å². The summed E-state index contributed by atoms with van der Waals surface area (Å²) >= 11 is 1.67. The third-order valence-electron chi connectivity index (χ3n) is 4.18. The molecule has 0 spiro atoms. The molecule has 0 saturated carbocycles. The van der Waals surface area contributed by atoms with Crippen molar-refractivity contribution in [1.29, 1.82) is 0 Å². The predicted octanol–water partition coefficient (Wildman–Crippen LogP) is 3.43. The number of fused-ring (bicyclic) bond motifs is 1. The maximum absolute atomic E-state index is 12.7. The Morgan fingerprint density at radius 2 is 1.77 bits per heavy atom. The normalized spacial score (nSPS) is 12.4. The number of amides is 1. The van der Waals surface area contributed by atoms with Crippen molar-refractivity contribution in [3.63, 3.8) is 0 Å². The van der Waals surface area contributed by atoms with E-state index in [-0.39, 0.29) is 22.8 Å². The highest BCUT2D eigenvalue weighted by Crippen LogP contribution is 2.24. The molecule has 26 heavy (non-hydrogen) atoms. The van der Waals surface area contributed by atoms with Crippen molar-refractivity contribution in [2.45, 2.75) is 31.4 Å². The first-order valence-electron chi connectivity index (χ1n) is 8.67. The third kappa shape index (κ3) is 4.58. The number of carbonyl (C=O) groups is 1. The van der Waals surface area contributed by atoms with E-state index in [1.54, 1.807) is 11.8 Å². The molecule has 3 rings (SSSR count). The minimum Gasteiger partial charge on any atom is -0.351 e. The summed E-state index contributed by atoms with van der Waals surface area (Å²) in [6, 6.07) is 15.8. The summed E-state index contributed by atoms with van der Waals surface area (Å²) in [4.78, 5) is 29.4. The first kappa shape index (κ1) is 18.3. The fraction of sp³-hybridized carbons (Fsp3) is 0.300. The van der Waals surface area contributed by atoms with Gasteiger partial charge in [-0.2, -0.15) is 0 Å². The summed E-state index contributed by atoms with van der Waals surface area (Å²) < 4.78 is 0. The molecule has 136 valence electrons. The summed E-state index contributed by atoms with van der Waals surface area (Å²) in [5.74, 6) is 1.10. The Hall–Kier alpha value is -2.47. The maximum atomic E-state index is 12.7. The highest BCUT2D eigenvalue weighted by atomic mass is 32.2. The number of benzene rings is 2. The standard InChI is InChI=1S/C20H23N3O2S/c1-13(2)18(26-12-14-6-4-3-5-7-14)19(24)21-11-15-8-9-16-17(10-15)23-20(25)22-16/h3-10,13,18H,11-12H2,1-2H3,(H,21,24)(H2,22,23,25). The number of thioether (sulfide) groups is 1. The fourth-order valence-electron chi connectivity index (χ4n) is 2.81. The second-order valence-electron chi connectivity index (χ2n) is 6.64. The van der Waals surface area contributed by atoms with Crippen LogP contribution in [-0.4, -0.2) is 21.1 Å². The Labute approximate surface area is 156 Å². The molecule has 1 unspecified atom stereocenters. The van der Waals surface area contributed by atoms with Gasteiger partial charge in [0, 0.05) is 12.3 Å². The molecule has 1 amide bonds. The molecular weight excluding hydrogens is 346 g/mol. The summed E-state index contributed by atoms with van der Waals surface area (Å²) in [6.07, 6.45) is 0. The van der Waals surface area contributed by atoms with E-state index in [2.05, 4.69) is 41.3 Å². The summed E-state index contributed by atoms with van der Waals surface area (Å²) in [5, 5.41) is 2.92. The average molecular weight is 369 g/mol. The molecule has 0 radical (unpaired) electrons. The lowest BCUT2D eigenvalue weighted by Gasteiger charge is -2.20.